The second-order valence-corrected chi connectivity index (χ2v) is 7.26. The Kier molecular flexibility index (Phi) is 5.98. The molecule has 0 atom stereocenters. The van der Waals surface area contributed by atoms with E-state index >= 15 is 0 Å². The summed E-state index contributed by atoms with van der Waals surface area (Å²) in [6.07, 6.45) is 1.41. The number of sulfonamides is 1. The van der Waals surface area contributed by atoms with Crippen molar-refractivity contribution in [3.05, 3.63) is 24.3 Å². The normalized spacial score (nSPS) is 12.4. The Labute approximate surface area is 121 Å². The first-order chi connectivity index (χ1) is 9.30. The van der Waals surface area contributed by atoms with E-state index in [1.165, 1.54) is 19.2 Å². The molecule has 0 aliphatic carbocycles. The predicted octanol–water partition coefficient (Wildman–Crippen LogP) is 1.77. The van der Waals surface area contributed by atoms with Crippen LogP contribution in [0.25, 0.3) is 0 Å². The summed E-state index contributed by atoms with van der Waals surface area (Å²) in [5, 5.41) is 8.84. The molecule has 0 bridgehead atoms. The van der Waals surface area contributed by atoms with Crippen molar-refractivity contribution in [3.63, 3.8) is 0 Å². The summed E-state index contributed by atoms with van der Waals surface area (Å²) in [6, 6.07) is 6.36. The highest BCUT2D eigenvalue weighted by Gasteiger charge is 2.22. The number of nitrogens with one attached hydrogen (secondary N) is 1. The van der Waals surface area contributed by atoms with Crippen LogP contribution in [0.1, 0.15) is 26.7 Å². The number of hydrogen-bond acceptors (Lipinski definition) is 4. The van der Waals surface area contributed by atoms with Gasteiger partial charge < -0.3 is 9.84 Å². The zero-order valence-corrected chi connectivity index (χ0v) is 13.0. The van der Waals surface area contributed by atoms with Crippen LogP contribution in [0.3, 0.4) is 0 Å². The second kappa shape index (κ2) is 7.06. The van der Waals surface area contributed by atoms with Crippen molar-refractivity contribution in [1.82, 2.24) is 4.72 Å². The minimum Gasteiger partial charge on any atom is -0.497 e. The standard InChI is InChI=1S/C14H23NO4S/c1-14(2,8-5-9-16)11-15-20(17,18)13-7-4-6-12(10-13)19-3/h4,6-7,10,15-16H,5,8-9,11H2,1-3H3. The van der Waals surface area contributed by atoms with E-state index in [1.807, 2.05) is 13.8 Å². The molecule has 1 rings (SSSR count). The van der Waals surface area contributed by atoms with Crippen molar-refractivity contribution in [3.8, 4) is 5.75 Å². The lowest BCUT2D eigenvalue weighted by atomic mass is 9.88. The quantitative estimate of drug-likeness (QED) is 0.767. The molecule has 20 heavy (non-hydrogen) atoms. The van der Waals surface area contributed by atoms with Gasteiger partial charge in [0.15, 0.2) is 0 Å². The van der Waals surface area contributed by atoms with Gasteiger partial charge in [-0.25, -0.2) is 13.1 Å². The topological polar surface area (TPSA) is 75.6 Å². The van der Waals surface area contributed by atoms with Gasteiger partial charge in [-0.2, -0.15) is 0 Å². The van der Waals surface area contributed by atoms with Crippen molar-refractivity contribution in [2.45, 2.75) is 31.6 Å². The van der Waals surface area contributed by atoms with Crippen LogP contribution in [0.5, 0.6) is 5.75 Å². The minimum absolute atomic E-state index is 0.117. The van der Waals surface area contributed by atoms with Crippen molar-refractivity contribution >= 4 is 10.0 Å². The fourth-order valence-electron chi connectivity index (χ4n) is 1.79. The molecule has 5 nitrogen and oxygen atoms in total. The number of benzene rings is 1. The van der Waals surface area contributed by atoms with Gasteiger partial charge in [0.25, 0.3) is 0 Å². The number of methoxy groups -OCH3 is 1. The van der Waals surface area contributed by atoms with Gasteiger partial charge in [0.2, 0.25) is 10.0 Å². The maximum absolute atomic E-state index is 12.2. The highest BCUT2D eigenvalue weighted by molar-refractivity contribution is 7.89. The number of hydrogen-bond donors (Lipinski definition) is 2. The van der Waals surface area contributed by atoms with Crippen LogP contribution >= 0.6 is 0 Å². The molecule has 0 aliphatic rings. The molecule has 0 radical (unpaired) electrons. The number of aliphatic hydroxyl groups is 1. The van der Waals surface area contributed by atoms with E-state index in [2.05, 4.69) is 4.72 Å². The van der Waals surface area contributed by atoms with Crippen LogP contribution < -0.4 is 9.46 Å². The molecule has 0 spiro atoms. The van der Waals surface area contributed by atoms with Crippen LogP contribution in [-0.4, -0.2) is 33.8 Å². The predicted molar refractivity (Wildman–Crippen MR) is 78.3 cm³/mol. The molecule has 114 valence electrons. The number of rotatable bonds is 8. The molecular weight excluding hydrogens is 278 g/mol. The summed E-state index contributed by atoms with van der Waals surface area (Å²) in [5.74, 6) is 0.507. The largest absolute Gasteiger partial charge is 0.497 e. The molecule has 2 N–H and O–H groups in total. The lowest BCUT2D eigenvalue weighted by Gasteiger charge is -2.24. The third-order valence-electron chi connectivity index (χ3n) is 3.10. The van der Waals surface area contributed by atoms with Gasteiger partial charge in [-0.1, -0.05) is 19.9 Å². The van der Waals surface area contributed by atoms with Gasteiger partial charge in [-0.15, -0.1) is 0 Å². The third kappa shape index (κ3) is 5.11. The molecule has 0 fully saturated rings. The first kappa shape index (κ1) is 16.9. The highest BCUT2D eigenvalue weighted by Crippen LogP contribution is 2.22. The molecule has 0 aliphatic heterocycles. The van der Waals surface area contributed by atoms with Crippen LogP contribution in [0.4, 0.5) is 0 Å². The fraction of sp³-hybridized carbons (Fsp3) is 0.571. The average Bonchev–Trinajstić information content (AvgIpc) is 2.43. The first-order valence-corrected chi connectivity index (χ1v) is 8.04. The van der Waals surface area contributed by atoms with Crippen LogP contribution in [0, 0.1) is 5.41 Å². The monoisotopic (exact) mass is 301 g/mol. The summed E-state index contributed by atoms with van der Waals surface area (Å²) in [4.78, 5) is 0.190. The Morgan fingerprint density at radius 1 is 1.35 bits per heavy atom. The Balaban J connectivity index is 2.74. The van der Waals surface area contributed by atoms with Gasteiger partial charge in [-0.05, 0) is 30.4 Å². The molecule has 0 unspecified atom stereocenters. The SMILES string of the molecule is COc1cccc(S(=O)(=O)NCC(C)(C)CCCO)c1. The highest BCUT2D eigenvalue weighted by atomic mass is 32.2. The summed E-state index contributed by atoms with van der Waals surface area (Å²) in [7, 11) is -2.05. The molecule has 0 heterocycles. The zero-order chi connectivity index (χ0) is 15.2. The Morgan fingerprint density at radius 2 is 2.05 bits per heavy atom. The van der Waals surface area contributed by atoms with E-state index in [4.69, 9.17) is 9.84 Å². The average molecular weight is 301 g/mol. The summed E-state index contributed by atoms with van der Waals surface area (Å²) in [5.41, 5.74) is -0.200. The number of ether oxygens (including phenoxy) is 1. The third-order valence-corrected chi connectivity index (χ3v) is 4.50. The second-order valence-electron chi connectivity index (χ2n) is 5.49. The van der Waals surface area contributed by atoms with Crippen molar-refractivity contribution in [1.29, 1.82) is 0 Å². The lowest BCUT2D eigenvalue weighted by molar-refractivity contribution is 0.242. The molecule has 0 saturated carbocycles. The molecule has 0 saturated heterocycles. The van der Waals surface area contributed by atoms with Crippen molar-refractivity contribution in [2.75, 3.05) is 20.3 Å². The van der Waals surface area contributed by atoms with E-state index in [9.17, 15) is 8.42 Å². The Morgan fingerprint density at radius 3 is 2.65 bits per heavy atom. The van der Waals surface area contributed by atoms with Gasteiger partial charge >= 0.3 is 0 Å². The zero-order valence-electron chi connectivity index (χ0n) is 12.2. The maximum Gasteiger partial charge on any atom is 0.240 e. The van der Waals surface area contributed by atoms with Gasteiger partial charge in [0, 0.05) is 19.2 Å². The van der Waals surface area contributed by atoms with Crippen molar-refractivity contribution < 1.29 is 18.3 Å². The van der Waals surface area contributed by atoms with Gasteiger partial charge in [-0.3, -0.25) is 0 Å². The van der Waals surface area contributed by atoms with Gasteiger partial charge in [0.05, 0.1) is 12.0 Å². The van der Waals surface area contributed by atoms with Crippen LogP contribution in [0.2, 0.25) is 0 Å². The molecule has 0 aromatic heterocycles. The minimum atomic E-state index is -3.54. The van der Waals surface area contributed by atoms with Crippen LogP contribution in [0.15, 0.2) is 29.2 Å². The van der Waals surface area contributed by atoms with E-state index in [0.717, 1.165) is 6.42 Å². The maximum atomic E-state index is 12.2. The lowest BCUT2D eigenvalue weighted by Crippen LogP contribution is -2.34. The van der Waals surface area contributed by atoms with E-state index in [-0.39, 0.29) is 16.9 Å². The molecule has 0 amide bonds. The Hall–Kier alpha value is -1.11. The van der Waals surface area contributed by atoms with Gasteiger partial charge in [0.1, 0.15) is 5.75 Å². The summed E-state index contributed by atoms with van der Waals surface area (Å²) >= 11 is 0. The van der Waals surface area contributed by atoms with Crippen LogP contribution in [-0.2, 0) is 10.0 Å². The van der Waals surface area contributed by atoms with E-state index in [0.29, 0.717) is 18.7 Å². The molecule has 1 aromatic carbocycles. The van der Waals surface area contributed by atoms with Crippen molar-refractivity contribution in [2.24, 2.45) is 5.41 Å². The number of aliphatic hydroxyl groups excluding tert-OH is 1. The smallest absolute Gasteiger partial charge is 0.240 e. The Bertz CT molecular complexity index is 526. The van der Waals surface area contributed by atoms with E-state index < -0.39 is 10.0 Å². The summed E-state index contributed by atoms with van der Waals surface area (Å²) in [6.45, 7) is 4.38. The molecule has 6 heteroatoms. The first-order valence-electron chi connectivity index (χ1n) is 6.55. The fourth-order valence-corrected chi connectivity index (χ4v) is 3.06. The van der Waals surface area contributed by atoms with E-state index in [1.54, 1.807) is 12.1 Å². The molecular formula is C14H23NO4S. The molecule has 1 aromatic rings. The summed E-state index contributed by atoms with van der Waals surface area (Å²) < 4.78 is 32.0.